The number of rotatable bonds is 5. The molecule has 3 rings (SSSR count). The molecule has 0 unspecified atom stereocenters. The second-order valence-corrected chi connectivity index (χ2v) is 5.08. The lowest BCUT2D eigenvalue weighted by Crippen LogP contribution is -2.07. The third-order valence-electron chi connectivity index (χ3n) is 3.48. The number of aromatic nitrogens is 3. The number of hydrogen-bond acceptors (Lipinski definition) is 6. The van der Waals surface area contributed by atoms with Gasteiger partial charge in [0, 0.05) is 30.2 Å². The number of methoxy groups -OCH3 is 1. The minimum Gasteiger partial charge on any atom is -0.494 e. The molecule has 0 radical (unpaired) electrons. The fourth-order valence-electron chi connectivity index (χ4n) is 2.43. The highest BCUT2D eigenvalue weighted by molar-refractivity contribution is 5.96. The number of nitrogens with zero attached hydrogens (tertiary/aromatic N) is 3. The van der Waals surface area contributed by atoms with Crippen LogP contribution in [0.4, 0.5) is 5.69 Å². The number of ether oxygens (including phenoxy) is 1. The first-order valence-corrected chi connectivity index (χ1v) is 7.14. The van der Waals surface area contributed by atoms with Crippen LogP contribution >= 0.6 is 0 Å². The topological polar surface area (TPSA) is 73.1 Å². The molecule has 0 spiro atoms. The predicted octanol–water partition coefficient (Wildman–Crippen LogP) is 2.90. The van der Waals surface area contributed by atoms with E-state index >= 15 is 0 Å². The number of aryl methyl sites for hydroxylation is 2. The van der Waals surface area contributed by atoms with E-state index in [1.54, 1.807) is 7.11 Å². The van der Waals surface area contributed by atoms with Crippen LogP contribution in [0.15, 0.2) is 28.9 Å². The third-order valence-corrected chi connectivity index (χ3v) is 3.48. The predicted molar refractivity (Wildman–Crippen MR) is 84.3 cm³/mol. The highest BCUT2D eigenvalue weighted by Crippen LogP contribution is 2.30. The zero-order valence-corrected chi connectivity index (χ0v) is 12.9. The van der Waals surface area contributed by atoms with Crippen LogP contribution in [-0.2, 0) is 6.42 Å². The van der Waals surface area contributed by atoms with Crippen molar-refractivity contribution in [3.8, 4) is 5.75 Å². The van der Waals surface area contributed by atoms with E-state index in [1.807, 2.05) is 38.2 Å². The Labute approximate surface area is 128 Å². The van der Waals surface area contributed by atoms with Gasteiger partial charge in [-0.25, -0.2) is 0 Å². The Morgan fingerprint density at radius 2 is 2.14 bits per heavy atom. The fourth-order valence-corrected chi connectivity index (χ4v) is 2.43. The molecule has 0 aliphatic heterocycles. The first-order chi connectivity index (χ1) is 10.7. The van der Waals surface area contributed by atoms with E-state index in [2.05, 4.69) is 20.4 Å². The van der Waals surface area contributed by atoms with Crippen LogP contribution in [0.3, 0.4) is 0 Å². The fraction of sp³-hybridized carbons (Fsp3) is 0.312. The summed E-state index contributed by atoms with van der Waals surface area (Å²) in [6.45, 7) is 4.55. The van der Waals surface area contributed by atoms with Crippen molar-refractivity contribution in [2.45, 2.75) is 20.3 Å². The highest BCUT2D eigenvalue weighted by atomic mass is 16.5. The van der Waals surface area contributed by atoms with E-state index < -0.39 is 0 Å². The lowest BCUT2D eigenvalue weighted by Gasteiger charge is -2.13. The molecule has 0 amide bonds. The maximum atomic E-state index is 5.38. The number of fused-ring (bicyclic) bond motifs is 1. The Balaban J connectivity index is 1.84. The molecule has 0 aliphatic carbocycles. The smallest absolute Gasteiger partial charge is 0.228 e. The molecular formula is C16H18N4O2. The molecule has 0 saturated carbocycles. The van der Waals surface area contributed by atoms with Gasteiger partial charge in [-0.2, -0.15) is 4.98 Å². The van der Waals surface area contributed by atoms with Gasteiger partial charge in [-0.05, 0) is 25.5 Å². The quantitative estimate of drug-likeness (QED) is 0.780. The Kier molecular flexibility index (Phi) is 3.91. The molecule has 0 atom stereocenters. The van der Waals surface area contributed by atoms with Crippen LogP contribution in [0.1, 0.15) is 17.3 Å². The zero-order chi connectivity index (χ0) is 15.5. The summed E-state index contributed by atoms with van der Waals surface area (Å²) in [7, 11) is 1.65. The average molecular weight is 298 g/mol. The SMILES string of the molecule is COc1cccc2c(NCCc3nc(C)no3)c(C)cnc12. The number of benzene rings is 1. The van der Waals surface area contributed by atoms with Gasteiger partial charge in [-0.15, -0.1) is 0 Å². The molecule has 1 aromatic carbocycles. The number of pyridine rings is 1. The van der Waals surface area contributed by atoms with Crippen LogP contribution in [0.25, 0.3) is 10.9 Å². The van der Waals surface area contributed by atoms with E-state index in [0.29, 0.717) is 24.7 Å². The van der Waals surface area contributed by atoms with Gasteiger partial charge in [-0.3, -0.25) is 4.98 Å². The number of para-hydroxylation sites is 1. The zero-order valence-electron chi connectivity index (χ0n) is 12.9. The van der Waals surface area contributed by atoms with E-state index in [-0.39, 0.29) is 0 Å². The summed E-state index contributed by atoms with van der Waals surface area (Å²) in [4.78, 5) is 8.68. The summed E-state index contributed by atoms with van der Waals surface area (Å²) in [6.07, 6.45) is 2.53. The van der Waals surface area contributed by atoms with Gasteiger partial charge in [0.2, 0.25) is 5.89 Å². The molecule has 6 heteroatoms. The van der Waals surface area contributed by atoms with Crippen molar-refractivity contribution >= 4 is 16.6 Å². The minimum absolute atomic E-state index is 0.638. The number of anilines is 1. The van der Waals surface area contributed by atoms with Gasteiger partial charge < -0.3 is 14.6 Å². The van der Waals surface area contributed by atoms with Crippen LogP contribution < -0.4 is 10.1 Å². The van der Waals surface area contributed by atoms with Crippen molar-refractivity contribution in [1.82, 2.24) is 15.1 Å². The van der Waals surface area contributed by atoms with E-state index in [9.17, 15) is 0 Å². The molecule has 6 nitrogen and oxygen atoms in total. The van der Waals surface area contributed by atoms with Gasteiger partial charge in [0.15, 0.2) is 5.82 Å². The summed E-state index contributed by atoms with van der Waals surface area (Å²) in [6, 6.07) is 5.92. The molecule has 3 aromatic rings. The third kappa shape index (κ3) is 2.72. The van der Waals surface area contributed by atoms with Gasteiger partial charge in [0.1, 0.15) is 11.3 Å². The molecule has 2 heterocycles. The number of nitrogens with one attached hydrogen (secondary N) is 1. The van der Waals surface area contributed by atoms with Crippen LogP contribution in [0.2, 0.25) is 0 Å². The van der Waals surface area contributed by atoms with Gasteiger partial charge in [-0.1, -0.05) is 17.3 Å². The van der Waals surface area contributed by atoms with E-state index in [0.717, 1.165) is 27.9 Å². The molecular weight excluding hydrogens is 280 g/mol. The Morgan fingerprint density at radius 1 is 1.27 bits per heavy atom. The average Bonchev–Trinajstić information content (AvgIpc) is 2.94. The summed E-state index contributed by atoms with van der Waals surface area (Å²) in [5.41, 5.74) is 2.99. The molecule has 0 aliphatic rings. The molecule has 114 valence electrons. The summed E-state index contributed by atoms with van der Waals surface area (Å²) in [5, 5.41) is 8.28. The van der Waals surface area contributed by atoms with E-state index in [4.69, 9.17) is 9.26 Å². The standard InChI is InChI=1S/C16H18N4O2/c1-10-9-18-16-12(5-4-6-13(16)21-3)15(10)17-8-7-14-19-11(2)20-22-14/h4-6,9H,7-8H2,1-3H3,(H,17,18). The maximum absolute atomic E-state index is 5.38. The summed E-state index contributed by atoms with van der Waals surface area (Å²) in [5.74, 6) is 2.07. The van der Waals surface area contributed by atoms with Crippen molar-refractivity contribution in [1.29, 1.82) is 0 Å². The largest absolute Gasteiger partial charge is 0.494 e. The molecule has 0 bridgehead atoms. The minimum atomic E-state index is 0.638. The first kappa shape index (κ1) is 14.3. The van der Waals surface area contributed by atoms with Gasteiger partial charge in [0.05, 0.1) is 7.11 Å². The van der Waals surface area contributed by atoms with E-state index in [1.165, 1.54) is 0 Å². The Morgan fingerprint density at radius 3 is 2.86 bits per heavy atom. The molecule has 1 N–H and O–H groups in total. The Hall–Kier alpha value is -2.63. The second kappa shape index (κ2) is 6.01. The monoisotopic (exact) mass is 298 g/mol. The molecule has 0 saturated heterocycles. The van der Waals surface area contributed by atoms with Gasteiger partial charge in [0.25, 0.3) is 0 Å². The normalized spacial score (nSPS) is 10.9. The van der Waals surface area contributed by atoms with Crippen molar-refractivity contribution in [3.63, 3.8) is 0 Å². The molecule has 2 aromatic heterocycles. The first-order valence-electron chi connectivity index (χ1n) is 7.14. The lowest BCUT2D eigenvalue weighted by atomic mass is 10.1. The van der Waals surface area contributed by atoms with Gasteiger partial charge >= 0.3 is 0 Å². The second-order valence-electron chi connectivity index (χ2n) is 5.08. The number of hydrogen-bond donors (Lipinski definition) is 1. The highest BCUT2D eigenvalue weighted by Gasteiger charge is 2.10. The van der Waals surface area contributed by atoms with Crippen molar-refractivity contribution < 1.29 is 9.26 Å². The van der Waals surface area contributed by atoms with Crippen molar-refractivity contribution in [2.75, 3.05) is 19.0 Å². The summed E-state index contributed by atoms with van der Waals surface area (Å²) >= 11 is 0. The van der Waals surface area contributed by atoms with Crippen LogP contribution in [-0.4, -0.2) is 28.8 Å². The molecule has 0 fully saturated rings. The lowest BCUT2D eigenvalue weighted by molar-refractivity contribution is 0.377. The molecule has 22 heavy (non-hydrogen) atoms. The van der Waals surface area contributed by atoms with Crippen molar-refractivity contribution in [3.05, 3.63) is 41.7 Å². The summed E-state index contributed by atoms with van der Waals surface area (Å²) < 4.78 is 10.5. The maximum Gasteiger partial charge on any atom is 0.228 e. The van der Waals surface area contributed by atoms with Crippen LogP contribution in [0.5, 0.6) is 5.75 Å². The Bertz CT molecular complexity index is 798. The van der Waals surface area contributed by atoms with Crippen LogP contribution in [0, 0.1) is 13.8 Å². The van der Waals surface area contributed by atoms with Crippen molar-refractivity contribution in [2.24, 2.45) is 0 Å².